The molecule has 0 aromatic carbocycles. The zero-order valence-electron chi connectivity index (χ0n) is 11.8. The summed E-state index contributed by atoms with van der Waals surface area (Å²) < 4.78 is 39.6. The maximum atomic E-state index is 12.6. The van der Waals surface area contributed by atoms with E-state index in [1.807, 2.05) is 10.9 Å². The Balaban J connectivity index is 1.80. The van der Waals surface area contributed by atoms with Crippen molar-refractivity contribution in [3.8, 4) is 11.1 Å². The van der Waals surface area contributed by atoms with Crippen LogP contribution in [0.4, 0.5) is 13.2 Å². The summed E-state index contributed by atoms with van der Waals surface area (Å²) in [7, 11) is 0. The molecule has 2 aromatic rings. The van der Waals surface area contributed by atoms with Crippen molar-refractivity contribution in [2.75, 3.05) is 0 Å². The number of rotatable bonds is 3. The van der Waals surface area contributed by atoms with Crippen LogP contribution in [-0.4, -0.2) is 14.8 Å². The van der Waals surface area contributed by atoms with E-state index >= 15 is 0 Å². The Morgan fingerprint density at radius 1 is 1.23 bits per heavy atom. The highest BCUT2D eigenvalue weighted by Crippen LogP contribution is 2.33. The van der Waals surface area contributed by atoms with E-state index in [1.165, 1.54) is 31.7 Å². The van der Waals surface area contributed by atoms with E-state index in [1.54, 1.807) is 6.20 Å². The van der Waals surface area contributed by atoms with Crippen LogP contribution in [0.25, 0.3) is 11.1 Å². The van der Waals surface area contributed by atoms with E-state index in [2.05, 4.69) is 10.1 Å². The standard InChI is InChI=1S/C15H15ClF3N3/c16-14-12(5-6-13(21-14)15(17,18)19)11-7-20-22(9-11)8-10-3-1-2-4-10/h5-7,9-10H,1-4,8H2. The molecule has 0 N–H and O–H groups in total. The highest BCUT2D eigenvalue weighted by molar-refractivity contribution is 6.32. The topological polar surface area (TPSA) is 30.7 Å². The largest absolute Gasteiger partial charge is 0.433 e. The molecule has 7 heteroatoms. The average Bonchev–Trinajstić information content (AvgIpc) is 3.10. The Morgan fingerprint density at radius 2 is 1.95 bits per heavy atom. The quantitative estimate of drug-likeness (QED) is 0.757. The molecule has 0 bridgehead atoms. The maximum absolute atomic E-state index is 12.6. The second-order valence-corrected chi connectivity index (χ2v) is 5.99. The van der Waals surface area contributed by atoms with Gasteiger partial charge in [-0.25, -0.2) is 4.98 Å². The fourth-order valence-electron chi connectivity index (χ4n) is 2.87. The van der Waals surface area contributed by atoms with Gasteiger partial charge in [0.1, 0.15) is 10.8 Å². The van der Waals surface area contributed by atoms with E-state index in [9.17, 15) is 13.2 Å². The Morgan fingerprint density at radius 3 is 2.59 bits per heavy atom. The van der Waals surface area contributed by atoms with Crippen molar-refractivity contribution in [2.45, 2.75) is 38.4 Å². The van der Waals surface area contributed by atoms with Crippen LogP contribution in [0.1, 0.15) is 31.4 Å². The Labute approximate surface area is 131 Å². The second-order valence-electron chi connectivity index (χ2n) is 5.63. The minimum atomic E-state index is -4.49. The number of pyridine rings is 1. The van der Waals surface area contributed by atoms with E-state index in [0.29, 0.717) is 17.0 Å². The summed E-state index contributed by atoms with van der Waals surface area (Å²) in [4.78, 5) is 3.44. The van der Waals surface area contributed by atoms with Crippen molar-refractivity contribution in [3.63, 3.8) is 0 Å². The molecule has 2 aromatic heterocycles. The summed E-state index contributed by atoms with van der Waals surface area (Å²) in [6, 6.07) is 2.28. The predicted molar refractivity (Wildman–Crippen MR) is 77.4 cm³/mol. The minimum absolute atomic E-state index is 0.157. The van der Waals surface area contributed by atoms with Gasteiger partial charge < -0.3 is 0 Å². The van der Waals surface area contributed by atoms with Crippen LogP contribution in [0.5, 0.6) is 0 Å². The zero-order valence-corrected chi connectivity index (χ0v) is 12.5. The molecule has 3 rings (SSSR count). The molecule has 1 fully saturated rings. The average molecular weight is 330 g/mol. The van der Waals surface area contributed by atoms with E-state index in [0.717, 1.165) is 12.6 Å². The van der Waals surface area contributed by atoms with E-state index in [4.69, 9.17) is 11.6 Å². The summed E-state index contributed by atoms with van der Waals surface area (Å²) in [5.74, 6) is 0.633. The SMILES string of the molecule is FC(F)(F)c1ccc(-c2cnn(CC3CCCC3)c2)c(Cl)n1. The van der Waals surface area contributed by atoms with Gasteiger partial charge in [-0.3, -0.25) is 4.68 Å². The van der Waals surface area contributed by atoms with Crippen LogP contribution in [0.2, 0.25) is 5.15 Å². The van der Waals surface area contributed by atoms with Gasteiger partial charge >= 0.3 is 6.18 Å². The van der Waals surface area contributed by atoms with Crippen molar-refractivity contribution < 1.29 is 13.2 Å². The lowest BCUT2D eigenvalue weighted by molar-refractivity contribution is -0.141. The van der Waals surface area contributed by atoms with Crippen molar-refractivity contribution >= 4 is 11.6 Å². The van der Waals surface area contributed by atoms with Crippen molar-refractivity contribution in [3.05, 3.63) is 35.4 Å². The summed E-state index contributed by atoms with van der Waals surface area (Å²) in [5.41, 5.74) is 0.163. The molecule has 3 nitrogen and oxygen atoms in total. The van der Waals surface area contributed by atoms with Crippen LogP contribution in [0, 0.1) is 5.92 Å². The van der Waals surface area contributed by atoms with Crippen LogP contribution in [0.3, 0.4) is 0 Å². The van der Waals surface area contributed by atoms with Crippen molar-refractivity contribution in [1.82, 2.24) is 14.8 Å². The first-order valence-corrected chi connectivity index (χ1v) is 7.58. The third-order valence-electron chi connectivity index (χ3n) is 4.00. The van der Waals surface area contributed by atoms with Gasteiger partial charge in [0, 0.05) is 23.9 Å². The Bertz CT molecular complexity index is 660. The normalized spacial score (nSPS) is 16.4. The highest BCUT2D eigenvalue weighted by atomic mass is 35.5. The maximum Gasteiger partial charge on any atom is 0.433 e. The molecule has 0 atom stereocenters. The number of aromatic nitrogens is 3. The zero-order chi connectivity index (χ0) is 15.7. The molecular weight excluding hydrogens is 315 g/mol. The second kappa shape index (κ2) is 5.91. The smallest absolute Gasteiger partial charge is 0.272 e. The molecule has 2 heterocycles. The summed E-state index contributed by atoms with van der Waals surface area (Å²) >= 11 is 5.90. The van der Waals surface area contributed by atoms with Gasteiger partial charge in [-0.15, -0.1) is 0 Å². The fourth-order valence-corrected chi connectivity index (χ4v) is 3.13. The predicted octanol–water partition coefficient (Wildman–Crippen LogP) is 4.81. The first-order chi connectivity index (χ1) is 10.4. The molecular formula is C15H15ClF3N3. The van der Waals surface area contributed by atoms with Gasteiger partial charge in [0.15, 0.2) is 0 Å². The number of alkyl halides is 3. The number of halogens is 4. The lowest BCUT2D eigenvalue weighted by atomic mass is 10.1. The number of nitrogens with zero attached hydrogens (tertiary/aromatic N) is 3. The molecule has 0 amide bonds. The Kier molecular flexibility index (Phi) is 4.12. The Hall–Kier alpha value is -1.56. The highest BCUT2D eigenvalue weighted by Gasteiger charge is 2.33. The minimum Gasteiger partial charge on any atom is -0.272 e. The third kappa shape index (κ3) is 3.27. The van der Waals surface area contributed by atoms with Gasteiger partial charge in [0.05, 0.1) is 6.20 Å². The molecule has 1 saturated carbocycles. The molecule has 1 aliphatic rings. The summed E-state index contributed by atoms with van der Waals surface area (Å²) in [6.45, 7) is 0.839. The van der Waals surface area contributed by atoms with Crippen LogP contribution in [0.15, 0.2) is 24.5 Å². The molecule has 0 aliphatic heterocycles. The first-order valence-electron chi connectivity index (χ1n) is 7.20. The molecule has 1 aliphatic carbocycles. The molecule has 22 heavy (non-hydrogen) atoms. The van der Waals surface area contributed by atoms with Crippen molar-refractivity contribution in [1.29, 1.82) is 0 Å². The van der Waals surface area contributed by atoms with Gasteiger partial charge in [-0.2, -0.15) is 18.3 Å². The third-order valence-corrected chi connectivity index (χ3v) is 4.29. The molecule has 0 radical (unpaired) electrons. The van der Waals surface area contributed by atoms with Crippen molar-refractivity contribution in [2.24, 2.45) is 5.92 Å². The lowest BCUT2D eigenvalue weighted by Crippen LogP contribution is -2.08. The fraction of sp³-hybridized carbons (Fsp3) is 0.467. The van der Waals surface area contributed by atoms with Gasteiger partial charge in [0.25, 0.3) is 0 Å². The molecule has 0 spiro atoms. The lowest BCUT2D eigenvalue weighted by Gasteiger charge is -2.09. The van der Waals surface area contributed by atoms with Gasteiger partial charge in [-0.1, -0.05) is 24.4 Å². The molecule has 118 valence electrons. The molecule has 0 unspecified atom stereocenters. The van der Waals surface area contributed by atoms with E-state index in [-0.39, 0.29) is 5.15 Å². The summed E-state index contributed by atoms with van der Waals surface area (Å²) in [5, 5.41) is 4.12. The van der Waals surface area contributed by atoms with E-state index < -0.39 is 11.9 Å². The number of hydrogen-bond acceptors (Lipinski definition) is 2. The van der Waals surface area contributed by atoms with Gasteiger partial charge in [0.2, 0.25) is 0 Å². The van der Waals surface area contributed by atoms with Crippen LogP contribution >= 0.6 is 11.6 Å². The summed E-state index contributed by atoms with van der Waals surface area (Å²) in [6.07, 6.45) is 3.87. The van der Waals surface area contributed by atoms with Crippen LogP contribution < -0.4 is 0 Å². The molecule has 0 saturated heterocycles. The number of hydrogen-bond donors (Lipinski definition) is 0. The monoisotopic (exact) mass is 329 g/mol. The van der Waals surface area contributed by atoms with Gasteiger partial charge in [-0.05, 0) is 30.9 Å². The first kappa shape index (κ1) is 15.3. The van der Waals surface area contributed by atoms with Crippen LogP contribution in [-0.2, 0) is 12.7 Å².